The molecule has 0 radical (unpaired) electrons. The predicted molar refractivity (Wildman–Crippen MR) is 95.6 cm³/mol. The molecule has 0 saturated carbocycles. The molecular formula is C16H27Cl2N3O. The lowest BCUT2D eigenvalue weighted by molar-refractivity contribution is -0.123. The van der Waals surface area contributed by atoms with Crippen LogP contribution in [0.15, 0.2) is 30.3 Å². The van der Waals surface area contributed by atoms with E-state index in [9.17, 15) is 4.79 Å². The number of nitrogens with one attached hydrogen (secondary N) is 1. The minimum atomic E-state index is -0.426. The number of carbonyl (C=O) groups excluding carboxylic acids is 1. The lowest BCUT2D eigenvalue weighted by Crippen LogP contribution is -2.52. The molecule has 0 spiro atoms. The zero-order valence-corrected chi connectivity index (χ0v) is 14.8. The van der Waals surface area contributed by atoms with Crippen molar-refractivity contribution in [3.8, 4) is 0 Å². The quantitative estimate of drug-likeness (QED) is 0.877. The number of nitrogens with two attached hydrogens (primary N) is 1. The van der Waals surface area contributed by atoms with Crippen molar-refractivity contribution in [1.29, 1.82) is 0 Å². The fourth-order valence-corrected chi connectivity index (χ4v) is 2.75. The largest absolute Gasteiger partial charge is 0.352 e. The fraction of sp³-hybridized carbons (Fsp3) is 0.562. The molecule has 3 atom stereocenters. The first-order chi connectivity index (χ1) is 9.56. The van der Waals surface area contributed by atoms with Crippen LogP contribution in [0.25, 0.3) is 0 Å². The third-order valence-corrected chi connectivity index (χ3v) is 3.98. The van der Waals surface area contributed by atoms with Crippen LogP contribution in [-0.2, 0) is 11.3 Å². The minimum Gasteiger partial charge on any atom is -0.352 e. The minimum absolute atomic E-state index is 0. The molecule has 4 nitrogen and oxygen atoms in total. The molecule has 6 heteroatoms. The average Bonchev–Trinajstić information content (AvgIpc) is 2.42. The van der Waals surface area contributed by atoms with Gasteiger partial charge in [-0.2, -0.15) is 0 Å². The number of nitrogens with zero attached hydrogens (tertiary/aromatic N) is 1. The van der Waals surface area contributed by atoms with Crippen LogP contribution in [0.2, 0.25) is 0 Å². The third kappa shape index (κ3) is 6.13. The van der Waals surface area contributed by atoms with Gasteiger partial charge in [-0.1, -0.05) is 37.3 Å². The maximum Gasteiger partial charge on any atom is 0.236 e. The molecule has 22 heavy (non-hydrogen) atoms. The molecule has 2 unspecified atom stereocenters. The van der Waals surface area contributed by atoms with E-state index >= 15 is 0 Å². The van der Waals surface area contributed by atoms with Crippen molar-refractivity contribution in [3.05, 3.63) is 35.9 Å². The van der Waals surface area contributed by atoms with Gasteiger partial charge in [0.05, 0.1) is 6.04 Å². The summed E-state index contributed by atoms with van der Waals surface area (Å²) in [5, 5.41) is 3.06. The number of amides is 1. The van der Waals surface area contributed by atoms with Crippen LogP contribution in [0.3, 0.4) is 0 Å². The summed E-state index contributed by atoms with van der Waals surface area (Å²) in [5.74, 6) is 0.411. The molecule has 1 fully saturated rings. The summed E-state index contributed by atoms with van der Waals surface area (Å²) >= 11 is 0. The number of piperidine rings is 1. The lowest BCUT2D eigenvalue weighted by Gasteiger charge is -2.37. The summed E-state index contributed by atoms with van der Waals surface area (Å²) in [6.45, 7) is 6.94. The topological polar surface area (TPSA) is 58.4 Å². The molecule has 126 valence electrons. The smallest absolute Gasteiger partial charge is 0.236 e. The first-order valence-corrected chi connectivity index (χ1v) is 7.38. The van der Waals surface area contributed by atoms with E-state index in [0.29, 0.717) is 5.92 Å². The first-order valence-electron chi connectivity index (χ1n) is 7.38. The van der Waals surface area contributed by atoms with Gasteiger partial charge < -0.3 is 11.1 Å². The molecule has 1 saturated heterocycles. The highest BCUT2D eigenvalue weighted by molar-refractivity contribution is 5.85. The normalized spacial score (nSPS) is 22.9. The fourth-order valence-electron chi connectivity index (χ4n) is 2.75. The Kier molecular flexibility index (Phi) is 9.69. The Balaban J connectivity index is 0.00000220. The Bertz CT molecular complexity index is 442. The Morgan fingerprint density at radius 1 is 1.36 bits per heavy atom. The van der Waals surface area contributed by atoms with Crippen molar-refractivity contribution in [2.75, 3.05) is 13.1 Å². The molecule has 1 heterocycles. The lowest BCUT2D eigenvalue weighted by atomic mass is 9.93. The van der Waals surface area contributed by atoms with E-state index in [-0.39, 0.29) is 36.8 Å². The van der Waals surface area contributed by atoms with Crippen LogP contribution in [-0.4, -0.2) is 36.0 Å². The second-order valence-electron chi connectivity index (χ2n) is 5.89. The summed E-state index contributed by atoms with van der Waals surface area (Å²) in [6, 6.07) is 10.3. The van der Waals surface area contributed by atoms with E-state index in [1.807, 2.05) is 6.07 Å². The second-order valence-corrected chi connectivity index (χ2v) is 5.89. The Labute approximate surface area is 145 Å². The standard InChI is InChI=1S/C16H25N3O.2ClH/c1-12-10-19(11-14-6-4-3-5-7-14)9-8-15(12)18-16(20)13(2)17;;/h3-7,12-13,15H,8-11,17H2,1-2H3,(H,18,20);2*1H/t12?,13-,15?;;/m1../s1. The number of rotatable bonds is 4. The third-order valence-electron chi connectivity index (χ3n) is 3.98. The van der Waals surface area contributed by atoms with Gasteiger partial charge in [-0.25, -0.2) is 0 Å². The molecule has 3 N–H and O–H groups in total. The molecule has 2 rings (SSSR count). The highest BCUT2D eigenvalue weighted by Crippen LogP contribution is 2.19. The summed E-state index contributed by atoms with van der Waals surface area (Å²) in [4.78, 5) is 14.1. The monoisotopic (exact) mass is 347 g/mol. The van der Waals surface area contributed by atoms with Gasteiger partial charge in [0, 0.05) is 25.7 Å². The van der Waals surface area contributed by atoms with Crippen molar-refractivity contribution in [3.63, 3.8) is 0 Å². The number of halogens is 2. The van der Waals surface area contributed by atoms with Gasteiger partial charge in [0.15, 0.2) is 0 Å². The van der Waals surface area contributed by atoms with Crippen LogP contribution < -0.4 is 11.1 Å². The molecular weight excluding hydrogens is 321 g/mol. The number of benzene rings is 1. The molecule has 0 bridgehead atoms. The predicted octanol–water partition coefficient (Wildman–Crippen LogP) is 2.20. The number of carbonyl (C=O) groups is 1. The molecule has 0 aromatic heterocycles. The van der Waals surface area contributed by atoms with Crippen molar-refractivity contribution in [1.82, 2.24) is 10.2 Å². The average molecular weight is 348 g/mol. The van der Waals surface area contributed by atoms with Crippen LogP contribution in [0.5, 0.6) is 0 Å². The van der Waals surface area contributed by atoms with Crippen LogP contribution in [0.1, 0.15) is 25.8 Å². The van der Waals surface area contributed by atoms with Gasteiger partial charge in [0.1, 0.15) is 0 Å². The Morgan fingerprint density at radius 2 is 2.00 bits per heavy atom. The van der Waals surface area contributed by atoms with Crippen LogP contribution >= 0.6 is 24.8 Å². The summed E-state index contributed by atoms with van der Waals surface area (Å²) in [5.41, 5.74) is 6.95. The first kappa shape index (κ1) is 21.2. The van der Waals surface area contributed by atoms with Gasteiger partial charge in [0.25, 0.3) is 0 Å². The van der Waals surface area contributed by atoms with Crippen molar-refractivity contribution in [2.45, 2.75) is 38.9 Å². The molecule has 1 amide bonds. The van der Waals surface area contributed by atoms with Crippen molar-refractivity contribution >= 4 is 30.7 Å². The SMILES string of the molecule is CC1CN(Cc2ccccc2)CCC1NC(=O)[C@@H](C)N.Cl.Cl. The maximum absolute atomic E-state index is 11.7. The summed E-state index contributed by atoms with van der Waals surface area (Å²) in [6.07, 6.45) is 0.993. The van der Waals surface area contributed by atoms with Crippen molar-refractivity contribution < 1.29 is 4.79 Å². The van der Waals surface area contributed by atoms with Crippen molar-refractivity contribution in [2.24, 2.45) is 11.7 Å². The van der Waals surface area contributed by atoms with Gasteiger partial charge in [0.2, 0.25) is 5.91 Å². The van der Waals surface area contributed by atoms with E-state index in [4.69, 9.17) is 5.73 Å². The van der Waals surface area contributed by atoms with Gasteiger partial charge in [-0.05, 0) is 24.8 Å². The zero-order valence-electron chi connectivity index (χ0n) is 13.2. The highest BCUT2D eigenvalue weighted by Gasteiger charge is 2.27. The maximum atomic E-state index is 11.7. The highest BCUT2D eigenvalue weighted by atomic mass is 35.5. The van der Waals surface area contributed by atoms with Gasteiger partial charge >= 0.3 is 0 Å². The number of hydrogen-bond acceptors (Lipinski definition) is 3. The number of hydrogen-bond donors (Lipinski definition) is 2. The second kappa shape index (κ2) is 10.1. The van der Waals surface area contributed by atoms with Crippen LogP contribution in [0, 0.1) is 5.92 Å². The van der Waals surface area contributed by atoms with Crippen LogP contribution in [0.4, 0.5) is 0 Å². The van der Waals surface area contributed by atoms with Gasteiger partial charge in [-0.3, -0.25) is 9.69 Å². The van der Waals surface area contributed by atoms with E-state index in [2.05, 4.69) is 41.4 Å². The Hall–Kier alpha value is -0.810. The summed E-state index contributed by atoms with van der Waals surface area (Å²) < 4.78 is 0. The van der Waals surface area contributed by atoms with E-state index < -0.39 is 6.04 Å². The van der Waals surface area contributed by atoms with E-state index in [0.717, 1.165) is 26.1 Å². The van der Waals surface area contributed by atoms with E-state index in [1.165, 1.54) is 5.56 Å². The summed E-state index contributed by atoms with van der Waals surface area (Å²) in [7, 11) is 0. The van der Waals surface area contributed by atoms with Gasteiger partial charge in [-0.15, -0.1) is 24.8 Å². The molecule has 1 aromatic carbocycles. The number of likely N-dealkylation sites (tertiary alicyclic amines) is 1. The molecule has 1 aliphatic heterocycles. The molecule has 0 aliphatic carbocycles. The zero-order chi connectivity index (χ0) is 14.5. The molecule has 1 aromatic rings. The molecule has 1 aliphatic rings. The Morgan fingerprint density at radius 3 is 2.55 bits per heavy atom. The van der Waals surface area contributed by atoms with E-state index in [1.54, 1.807) is 6.92 Å².